The van der Waals surface area contributed by atoms with Crippen LogP contribution in [0.15, 0.2) is 47.1 Å². The first kappa shape index (κ1) is 16.4. The third-order valence-corrected chi connectivity index (χ3v) is 4.40. The topological polar surface area (TPSA) is 79.6 Å². The maximum Gasteiger partial charge on any atom is 0.282 e. The van der Waals surface area contributed by atoms with Crippen LogP contribution in [0.25, 0.3) is 0 Å². The number of amides is 1. The second-order valence-corrected chi connectivity index (χ2v) is 6.30. The minimum absolute atomic E-state index is 0.137. The smallest absolute Gasteiger partial charge is 0.282 e. The molecule has 24 heavy (non-hydrogen) atoms. The highest BCUT2D eigenvalue weighted by Gasteiger charge is 2.27. The third-order valence-electron chi connectivity index (χ3n) is 3.93. The van der Waals surface area contributed by atoms with Gasteiger partial charge in [-0.05, 0) is 34.1 Å². The van der Waals surface area contributed by atoms with E-state index in [0.29, 0.717) is 26.2 Å². The van der Waals surface area contributed by atoms with Gasteiger partial charge in [-0.15, -0.1) is 0 Å². The fourth-order valence-corrected chi connectivity index (χ4v) is 2.91. The fourth-order valence-electron chi connectivity index (χ4n) is 2.68. The molecule has 1 aromatic carbocycles. The number of hydrogen-bond donors (Lipinski definition) is 0. The van der Waals surface area contributed by atoms with Gasteiger partial charge in [0.15, 0.2) is 0 Å². The van der Waals surface area contributed by atoms with Gasteiger partial charge in [0.2, 0.25) is 0 Å². The summed E-state index contributed by atoms with van der Waals surface area (Å²) in [6.07, 6.45) is 1.74. The SMILES string of the molecule is O=C(c1ccccc1[N+](=O)[O-])N1CCN(c2ccc(Br)cn2)CC1. The van der Waals surface area contributed by atoms with E-state index in [1.54, 1.807) is 23.2 Å². The van der Waals surface area contributed by atoms with Gasteiger partial charge in [-0.2, -0.15) is 0 Å². The van der Waals surface area contributed by atoms with Crippen LogP contribution in [-0.2, 0) is 0 Å². The van der Waals surface area contributed by atoms with Crippen LogP contribution in [0.1, 0.15) is 10.4 Å². The second-order valence-electron chi connectivity index (χ2n) is 5.39. The fraction of sp³-hybridized carbons (Fsp3) is 0.250. The van der Waals surface area contributed by atoms with Crippen LogP contribution in [0.4, 0.5) is 11.5 Å². The predicted octanol–water partition coefficient (Wildman–Crippen LogP) is 2.71. The van der Waals surface area contributed by atoms with E-state index in [9.17, 15) is 14.9 Å². The molecule has 2 aromatic rings. The first-order chi connectivity index (χ1) is 11.6. The van der Waals surface area contributed by atoms with Crippen molar-refractivity contribution in [3.05, 3.63) is 62.7 Å². The molecule has 0 spiro atoms. The minimum Gasteiger partial charge on any atom is -0.353 e. The van der Waals surface area contributed by atoms with E-state index in [1.807, 2.05) is 12.1 Å². The number of nitro groups is 1. The zero-order chi connectivity index (χ0) is 17.1. The number of para-hydroxylation sites is 1. The lowest BCUT2D eigenvalue weighted by molar-refractivity contribution is -0.385. The lowest BCUT2D eigenvalue weighted by atomic mass is 10.1. The molecule has 1 amide bonds. The number of nitro benzene ring substituents is 1. The van der Waals surface area contributed by atoms with Gasteiger partial charge < -0.3 is 9.80 Å². The Morgan fingerprint density at radius 3 is 2.46 bits per heavy atom. The van der Waals surface area contributed by atoms with Crippen molar-refractivity contribution in [3.8, 4) is 0 Å². The first-order valence-corrected chi connectivity index (χ1v) is 8.25. The predicted molar refractivity (Wildman–Crippen MR) is 93.1 cm³/mol. The zero-order valence-electron chi connectivity index (χ0n) is 12.8. The number of piperazine rings is 1. The van der Waals surface area contributed by atoms with E-state index in [1.165, 1.54) is 12.1 Å². The molecule has 3 rings (SSSR count). The summed E-state index contributed by atoms with van der Waals surface area (Å²) in [4.78, 5) is 31.3. The molecule has 0 unspecified atom stereocenters. The van der Waals surface area contributed by atoms with E-state index >= 15 is 0 Å². The van der Waals surface area contributed by atoms with E-state index in [0.717, 1.165) is 10.3 Å². The summed E-state index contributed by atoms with van der Waals surface area (Å²) in [5.41, 5.74) is -0.0165. The van der Waals surface area contributed by atoms with Crippen LogP contribution in [0, 0.1) is 10.1 Å². The Hall–Kier alpha value is -2.48. The van der Waals surface area contributed by atoms with Crippen LogP contribution >= 0.6 is 15.9 Å². The standard InChI is InChI=1S/C16H15BrN4O3/c17-12-5-6-15(18-11-12)19-7-9-20(10-8-19)16(22)13-3-1-2-4-14(13)21(23)24/h1-6,11H,7-10H2. The number of nitrogens with zero attached hydrogens (tertiary/aromatic N) is 4. The van der Waals surface area contributed by atoms with Gasteiger partial charge >= 0.3 is 0 Å². The molecule has 7 nitrogen and oxygen atoms in total. The Kier molecular flexibility index (Phi) is 4.75. The Balaban J connectivity index is 1.69. The van der Waals surface area contributed by atoms with Gasteiger partial charge in [-0.25, -0.2) is 4.98 Å². The number of rotatable bonds is 3. The Labute approximate surface area is 147 Å². The van der Waals surface area contributed by atoms with Crippen molar-refractivity contribution < 1.29 is 9.72 Å². The Morgan fingerprint density at radius 2 is 1.83 bits per heavy atom. The third kappa shape index (κ3) is 3.38. The molecular weight excluding hydrogens is 376 g/mol. The van der Waals surface area contributed by atoms with Crippen LogP contribution in [0.3, 0.4) is 0 Å². The highest BCUT2D eigenvalue weighted by molar-refractivity contribution is 9.10. The quantitative estimate of drug-likeness (QED) is 0.594. The molecule has 0 N–H and O–H groups in total. The second kappa shape index (κ2) is 6.96. The summed E-state index contributed by atoms with van der Waals surface area (Å²) in [7, 11) is 0. The van der Waals surface area contributed by atoms with Gasteiger partial charge in [0, 0.05) is 42.9 Å². The maximum atomic E-state index is 12.6. The molecular formula is C16H15BrN4O3. The number of carbonyl (C=O) groups is 1. The van der Waals surface area contributed by atoms with Gasteiger partial charge in [-0.1, -0.05) is 12.1 Å². The maximum absolute atomic E-state index is 12.6. The van der Waals surface area contributed by atoms with E-state index in [2.05, 4.69) is 25.8 Å². The molecule has 1 saturated heterocycles. The van der Waals surface area contributed by atoms with E-state index in [4.69, 9.17) is 0 Å². The molecule has 0 bridgehead atoms. The van der Waals surface area contributed by atoms with Crippen molar-refractivity contribution >= 4 is 33.3 Å². The molecule has 1 fully saturated rings. The molecule has 8 heteroatoms. The highest BCUT2D eigenvalue weighted by atomic mass is 79.9. The first-order valence-electron chi connectivity index (χ1n) is 7.45. The normalized spacial score (nSPS) is 14.5. The minimum atomic E-state index is -0.519. The molecule has 0 atom stereocenters. The monoisotopic (exact) mass is 390 g/mol. The van der Waals surface area contributed by atoms with Crippen molar-refractivity contribution in [1.29, 1.82) is 0 Å². The number of carbonyl (C=O) groups excluding carboxylic acids is 1. The van der Waals surface area contributed by atoms with Gasteiger partial charge in [0.05, 0.1) is 4.92 Å². The molecule has 1 aliphatic heterocycles. The summed E-state index contributed by atoms with van der Waals surface area (Å²) < 4.78 is 0.913. The number of aromatic nitrogens is 1. The lowest BCUT2D eigenvalue weighted by Gasteiger charge is -2.35. The number of hydrogen-bond acceptors (Lipinski definition) is 5. The van der Waals surface area contributed by atoms with Gasteiger partial charge in [-0.3, -0.25) is 14.9 Å². The van der Waals surface area contributed by atoms with Gasteiger partial charge in [0.25, 0.3) is 11.6 Å². The van der Waals surface area contributed by atoms with Crippen LogP contribution in [0.5, 0.6) is 0 Å². The van der Waals surface area contributed by atoms with Crippen LogP contribution in [0.2, 0.25) is 0 Å². The summed E-state index contributed by atoms with van der Waals surface area (Å²) in [6, 6.07) is 9.91. The zero-order valence-corrected chi connectivity index (χ0v) is 14.3. The average Bonchev–Trinajstić information content (AvgIpc) is 2.62. The van der Waals surface area contributed by atoms with E-state index < -0.39 is 4.92 Å². The molecule has 2 heterocycles. The molecule has 1 aliphatic rings. The number of pyridine rings is 1. The van der Waals surface area contributed by atoms with Crippen molar-refractivity contribution in [2.24, 2.45) is 0 Å². The molecule has 0 saturated carbocycles. The average molecular weight is 391 g/mol. The van der Waals surface area contributed by atoms with Crippen molar-refractivity contribution in [2.75, 3.05) is 31.1 Å². The highest BCUT2D eigenvalue weighted by Crippen LogP contribution is 2.21. The molecule has 0 aliphatic carbocycles. The molecule has 0 radical (unpaired) electrons. The Bertz CT molecular complexity index is 758. The largest absolute Gasteiger partial charge is 0.353 e. The van der Waals surface area contributed by atoms with Crippen molar-refractivity contribution in [3.63, 3.8) is 0 Å². The Morgan fingerprint density at radius 1 is 1.12 bits per heavy atom. The van der Waals surface area contributed by atoms with Gasteiger partial charge in [0.1, 0.15) is 11.4 Å². The molecule has 124 valence electrons. The number of anilines is 1. The van der Waals surface area contributed by atoms with Crippen LogP contribution < -0.4 is 4.90 Å². The lowest BCUT2D eigenvalue weighted by Crippen LogP contribution is -2.49. The van der Waals surface area contributed by atoms with Crippen molar-refractivity contribution in [2.45, 2.75) is 0 Å². The summed E-state index contributed by atoms with van der Waals surface area (Å²) in [5, 5.41) is 11.1. The summed E-state index contributed by atoms with van der Waals surface area (Å²) >= 11 is 3.35. The van der Waals surface area contributed by atoms with Crippen LogP contribution in [-0.4, -0.2) is 46.9 Å². The summed E-state index contributed by atoms with van der Waals surface area (Å²) in [6.45, 7) is 2.28. The number of benzene rings is 1. The van der Waals surface area contributed by atoms with E-state index in [-0.39, 0.29) is 17.2 Å². The summed E-state index contributed by atoms with van der Waals surface area (Å²) in [5.74, 6) is 0.557. The molecule has 1 aromatic heterocycles. The number of halogens is 1. The van der Waals surface area contributed by atoms with Crippen molar-refractivity contribution in [1.82, 2.24) is 9.88 Å².